The molecule has 14 heterocycles. The van der Waals surface area contributed by atoms with Gasteiger partial charge in [-0.05, 0) is 258 Å². The van der Waals surface area contributed by atoms with Gasteiger partial charge in [-0.3, -0.25) is 54.8 Å². The van der Waals surface area contributed by atoms with E-state index >= 15 is 0 Å². The lowest BCUT2D eigenvalue weighted by Gasteiger charge is -2.31. The summed E-state index contributed by atoms with van der Waals surface area (Å²) in [6, 6.07) is 60.2. The summed E-state index contributed by atoms with van der Waals surface area (Å²) in [6.45, 7) is 19.6. The van der Waals surface area contributed by atoms with E-state index in [1.165, 1.54) is 12.4 Å². The summed E-state index contributed by atoms with van der Waals surface area (Å²) in [5.41, 5.74) is 10.2. The number of nitrogens with zero attached hydrogens (tertiary/aromatic N) is 11. The zero-order valence-electron chi connectivity index (χ0n) is 76.8. The highest BCUT2D eigenvalue weighted by atomic mass is 16.7. The molecule has 11 aromatic heterocycles. The van der Waals surface area contributed by atoms with Crippen LogP contribution < -0.4 is 69.4 Å². The number of hydrogen-bond donors (Lipinski definition) is 2. The van der Waals surface area contributed by atoms with Gasteiger partial charge >= 0.3 is 78.3 Å². The van der Waals surface area contributed by atoms with E-state index in [0.717, 1.165) is 151 Å². The van der Waals surface area contributed by atoms with Gasteiger partial charge < -0.3 is 88.9 Å². The lowest BCUT2D eigenvalue weighted by molar-refractivity contribution is 0.143. The van der Waals surface area contributed by atoms with Gasteiger partial charge in [0.1, 0.15) is 11.5 Å². The van der Waals surface area contributed by atoms with Crippen LogP contribution in [0.4, 0.5) is 0 Å². The monoisotopic (exact) mass is 1800 g/mol. The molecule has 13 aromatic rings. The van der Waals surface area contributed by atoms with Crippen LogP contribution in [-0.2, 0) is 69.6 Å². The molecule has 41 heteroatoms. The van der Waals surface area contributed by atoms with Gasteiger partial charge in [-0.2, -0.15) is 0 Å². The fraction of sp³-hybridized carbons (Fsp3) is 0.272. The lowest BCUT2D eigenvalue weighted by atomic mass is 9.62. The Labute approximate surface area is 786 Å². The quantitative estimate of drug-likeness (QED) is 0.0334. The normalized spacial score (nSPS) is 12.2. The van der Waals surface area contributed by atoms with E-state index in [2.05, 4.69) is 82.5 Å². The van der Waals surface area contributed by atoms with Crippen LogP contribution in [0.25, 0.3) is 0 Å². The van der Waals surface area contributed by atoms with Crippen LogP contribution in [0.5, 0.6) is 11.5 Å². The molecule has 3 aliphatic heterocycles. The molecule has 2 aromatic carbocycles. The van der Waals surface area contributed by atoms with Crippen molar-refractivity contribution in [1.29, 1.82) is 0 Å². The molecule has 0 spiro atoms. The minimum atomic E-state index is -1.38. The molecule has 2 N–H and O–H groups in total. The first-order valence-electron chi connectivity index (χ1n) is 44.4. The van der Waals surface area contributed by atoms with Gasteiger partial charge in [-0.25, -0.2) is 0 Å². The predicted octanol–water partition coefficient (Wildman–Crippen LogP) is 6.11. The standard InChI is InChI=1S/C17H14BNO2.C15H12B3N3O3.C13H22BNO2.C11H18BNO2.C9H14BNO2.C8H10BNO2.C7H8BNO2.C7H10BNO2.C5H6BNO2/c1-3-7-16(8-4-1)20-18(15-11-13-19-14-12-15)21-17-9-5-2-6-10-17;1-7-19-8-2-13(1)16-22-17(14-3-9-20-10-4-14)24-18(23-16)15-5-11-21-12-6-15;1-3-5-11-16-14(17-12-6-4-2)13-7-9-15-10-8-13;1-3-9-14-12(15-10-4-2)11-5-7-13-8-6-11;1-3-12-10(13-4-2)9-5-7-11-8-6-9;1-6-11-9(12-7-1)8-2-4-10-5-3-8;1-3-9-4-2-7(1)8-10-5-6-11-8;1-10-8(11-2)7-3-5-9-6-4-7;8-6(9)5-1-3-7-4-2-5/h1-14H;1-12H;7-10H,3-6,11-12H2,1-2H3;5-8H,3-4,9-10H2,1-2H3;5-8H,3-4H2,1-2H3;2-5H,1,6-7H2;1-4H,5-6H2;3-6H,1-2H3;1-4,8-9H. The number of rotatable bonds is 35. The van der Waals surface area contributed by atoms with Crippen molar-refractivity contribution in [2.24, 2.45) is 0 Å². The molecule has 684 valence electrons. The molecule has 3 fully saturated rings. The maximum Gasteiger partial charge on any atom is 0.632 e. The van der Waals surface area contributed by atoms with E-state index in [1.807, 2.05) is 196 Å². The fourth-order valence-electron chi connectivity index (χ4n) is 11.8. The summed E-state index contributed by atoms with van der Waals surface area (Å²) in [6.07, 6.45) is 45.0. The van der Waals surface area contributed by atoms with E-state index in [-0.39, 0.29) is 42.7 Å². The van der Waals surface area contributed by atoms with E-state index in [9.17, 15) is 0 Å². The van der Waals surface area contributed by atoms with Crippen molar-refractivity contribution in [3.05, 3.63) is 330 Å². The van der Waals surface area contributed by atoms with E-state index < -0.39 is 35.6 Å². The molecule has 0 unspecified atom stereocenters. The first-order chi connectivity index (χ1) is 65.6. The van der Waals surface area contributed by atoms with Gasteiger partial charge in [0.15, 0.2) is 0 Å². The lowest BCUT2D eigenvalue weighted by Crippen LogP contribution is -2.61. The van der Waals surface area contributed by atoms with Gasteiger partial charge in [0, 0.05) is 209 Å². The van der Waals surface area contributed by atoms with Gasteiger partial charge in [0.2, 0.25) is 0 Å². The zero-order valence-corrected chi connectivity index (χ0v) is 76.8. The molecule has 0 atom stereocenters. The number of pyridine rings is 11. The van der Waals surface area contributed by atoms with Crippen LogP contribution in [0.3, 0.4) is 0 Å². The fourth-order valence-corrected chi connectivity index (χ4v) is 11.8. The van der Waals surface area contributed by atoms with Crippen LogP contribution in [0.2, 0.25) is 0 Å². The van der Waals surface area contributed by atoms with Crippen LogP contribution >= 0.6 is 0 Å². The Morgan fingerprint density at radius 1 is 0.263 bits per heavy atom. The Kier molecular flexibility index (Phi) is 54.6. The molecule has 3 aliphatic rings. The molecule has 3 saturated heterocycles. The zero-order chi connectivity index (χ0) is 93.9. The van der Waals surface area contributed by atoms with Gasteiger partial charge in [0.25, 0.3) is 0 Å². The van der Waals surface area contributed by atoms with Crippen molar-refractivity contribution in [2.75, 3.05) is 80.3 Å². The van der Waals surface area contributed by atoms with Crippen LogP contribution in [0, 0.1) is 0 Å². The van der Waals surface area contributed by atoms with Crippen LogP contribution in [0.1, 0.15) is 86.5 Å². The molecule has 16 rings (SSSR count). The highest BCUT2D eigenvalue weighted by molar-refractivity contribution is 6.87. The van der Waals surface area contributed by atoms with E-state index in [1.54, 1.807) is 150 Å². The second-order valence-electron chi connectivity index (χ2n) is 28.5. The first kappa shape index (κ1) is 107. The topological polar surface area (TPSA) is 339 Å². The molecule has 133 heavy (non-hydrogen) atoms. The molecule has 0 bridgehead atoms. The van der Waals surface area contributed by atoms with Gasteiger partial charge in [-0.15, -0.1) is 0 Å². The molecule has 0 radical (unpaired) electrons. The molecule has 0 aliphatic carbocycles. The average Bonchev–Trinajstić information content (AvgIpc) is 1.34. The van der Waals surface area contributed by atoms with Crippen molar-refractivity contribution in [3.63, 3.8) is 0 Å². The summed E-state index contributed by atoms with van der Waals surface area (Å²) in [5.74, 6) is 1.52. The smallest absolute Gasteiger partial charge is 0.522 e. The number of benzene rings is 2. The van der Waals surface area contributed by atoms with Crippen molar-refractivity contribution in [3.8, 4) is 11.5 Å². The largest absolute Gasteiger partial charge is 0.632 e. The highest BCUT2D eigenvalue weighted by Gasteiger charge is 2.44. The Balaban J connectivity index is 0.000000187. The third-order valence-electron chi connectivity index (χ3n) is 18.5. The maximum atomic E-state index is 8.55. The number of hydrogen-bond acceptors (Lipinski definition) is 30. The van der Waals surface area contributed by atoms with Crippen molar-refractivity contribution in [2.45, 2.75) is 86.5 Å². The Morgan fingerprint density at radius 3 is 0.759 bits per heavy atom. The minimum absolute atomic E-state index is 0.169. The summed E-state index contributed by atoms with van der Waals surface area (Å²) in [5, 5.41) is 17.1. The Morgan fingerprint density at radius 2 is 0.504 bits per heavy atom. The number of para-hydroxylation sites is 2. The van der Waals surface area contributed by atoms with Crippen molar-refractivity contribution >= 4 is 138 Å². The van der Waals surface area contributed by atoms with Crippen molar-refractivity contribution in [1.82, 2.24) is 54.8 Å². The number of unbranched alkanes of at least 4 members (excludes halogenated alkanes) is 2. The second kappa shape index (κ2) is 67.8. The van der Waals surface area contributed by atoms with Crippen molar-refractivity contribution < 1.29 is 88.9 Å². The molecule has 0 saturated carbocycles. The summed E-state index contributed by atoms with van der Waals surface area (Å²) < 4.78 is 95.0. The summed E-state index contributed by atoms with van der Waals surface area (Å²) >= 11 is 0. The Bertz CT molecular complexity index is 4720. The SMILES string of the molecule is CCCCOB(OCCCC)c1ccncc1.CCCOB(OCCC)c1ccncc1.CCOB(OCC)c1ccncc1.COB(OC)c1ccncc1.OB(O)c1ccncc1.c1cc(B2OB(c3ccncc3)OB(c3ccncc3)O2)ccn1.c1cc(B2OCCCO2)ccn1.c1cc(B2OCCO2)ccn1.c1ccc(OB(Oc2ccccc2)c2ccncc2)cc1. The molecule has 30 nitrogen and oxygen atoms in total. The van der Waals surface area contributed by atoms with E-state index in [0.29, 0.717) is 31.9 Å². The Hall–Kier alpha value is -11.3. The van der Waals surface area contributed by atoms with Gasteiger partial charge in [0.05, 0.1) is 13.2 Å². The summed E-state index contributed by atoms with van der Waals surface area (Å²) in [4.78, 5) is 43.5. The third kappa shape index (κ3) is 42.7. The second-order valence-corrected chi connectivity index (χ2v) is 28.5. The number of aromatic nitrogens is 11. The molecule has 0 amide bonds. The van der Waals surface area contributed by atoms with E-state index in [4.69, 9.17) is 88.9 Å². The van der Waals surface area contributed by atoms with Gasteiger partial charge in [-0.1, -0.05) is 76.9 Å². The third-order valence-corrected chi connectivity index (χ3v) is 18.5. The molecular weight excluding hydrogens is 1680 g/mol. The predicted molar refractivity (Wildman–Crippen MR) is 528 cm³/mol. The average molecular weight is 1800 g/mol. The first-order valence-corrected chi connectivity index (χ1v) is 44.4. The van der Waals surface area contributed by atoms with Crippen LogP contribution in [-0.4, -0.2) is 223 Å². The summed E-state index contributed by atoms with van der Waals surface area (Å²) in [7, 11) is -1.72. The molecular formula is C92H114B11N11O19. The minimum Gasteiger partial charge on any atom is -0.522 e. The maximum absolute atomic E-state index is 8.55. The highest BCUT2D eigenvalue weighted by Crippen LogP contribution is 2.16. The van der Waals surface area contributed by atoms with Crippen LogP contribution in [0.15, 0.2) is 330 Å².